The first-order valence-corrected chi connectivity index (χ1v) is 9.26. The minimum Gasteiger partial charge on any atom is -0.391 e. The highest BCUT2D eigenvalue weighted by Gasteiger charge is 1.93. The Morgan fingerprint density at radius 2 is 1.00 bits per heavy atom. The van der Waals surface area contributed by atoms with Crippen molar-refractivity contribution in [3.05, 3.63) is 12.3 Å². The number of allylic oxidation sites excluding steroid dienone is 1. The lowest BCUT2D eigenvalue weighted by atomic mass is 10.0. The van der Waals surface area contributed by atoms with Crippen LogP contribution in [0.4, 0.5) is 0 Å². The Morgan fingerprint density at radius 3 is 1.40 bits per heavy atom. The molecule has 0 aromatic heterocycles. The zero-order valence-corrected chi connectivity index (χ0v) is 14.3. The molecule has 0 amide bonds. The summed E-state index contributed by atoms with van der Waals surface area (Å²) >= 11 is 0. The van der Waals surface area contributed by atoms with E-state index in [1.54, 1.807) is 0 Å². The molecule has 0 rings (SSSR count). The van der Waals surface area contributed by atoms with E-state index in [-0.39, 0.29) is 0 Å². The van der Waals surface area contributed by atoms with Gasteiger partial charge in [-0.3, -0.25) is 0 Å². The second kappa shape index (κ2) is 18.5. The van der Waals surface area contributed by atoms with Crippen LogP contribution in [0.25, 0.3) is 0 Å². The predicted octanol–water partition coefficient (Wildman–Crippen LogP) is 6.59. The number of unbranched alkanes of at least 4 members (excludes halogenated alkanes) is 13. The molecule has 0 spiro atoms. The summed E-state index contributed by atoms with van der Waals surface area (Å²) in [5.74, 6) is 0. The molecule has 0 saturated carbocycles. The van der Waals surface area contributed by atoms with Gasteiger partial charge < -0.3 is 5.32 Å². The Labute approximate surface area is 128 Å². The summed E-state index contributed by atoms with van der Waals surface area (Å²) in [6, 6.07) is 0. The molecule has 1 heteroatoms. The molecule has 0 atom stereocenters. The monoisotopic (exact) mass is 281 g/mol. The van der Waals surface area contributed by atoms with Crippen LogP contribution in [0, 0.1) is 0 Å². The van der Waals surface area contributed by atoms with E-state index in [0.29, 0.717) is 0 Å². The normalized spacial score (nSPS) is 11.3. The minimum atomic E-state index is 1.14. The fourth-order valence-electron chi connectivity index (χ4n) is 2.62. The third-order valence-corrected chi connectivity index (χ3v) is 3.96. The highest BCUT2D eigenvalue weighted by Crippen LogP contribution is 2.12. The molecule has 0 bridgehead atoms. The highest BCUT2D eigenvalue weighted by atomic mass is 14.8. The van der Waals surface area contributed by atoms with Crippen molar-refractivity contribution in [3.63, 3.8) is 0 Å². The fraction of sp³-hybridized carbons (Fsp3) is 0.895. The molecule has 0 aliphatic carbocycles. The van der Waals surface area contributed by atoms with Crippen molar-refractivity contribution in [1.82, 2.24) is 5.32 Å². The van der Waals surface area contributed by atoms with E-state index in [1.807, 2.05) is 6.20 Å². The van der Waals surface area contributed by atoms with Crippen LogP contribution >= 0.6 is 0 Å². The van der Waals surface area contributed by atoms with Crippen LogP contribution in [0.15, 0.2) is 12.3 Å². The largest absolute Gasteiger partial charge is 0.391 e. The van der Waals surface area contributed by atoms with E-state index in [0.717, 1.165) is 6.54 Å². The molecule has 0 saturated heterocycles. The molecule has 0 aliphatic heterocycles. The smallest absolute Gasteiger partial charge is 0.0141 e. The van der Waals surface area contributed by atoms with Crippen molar-refractivity contribution in [3.8, 4) is 0 Å². The lowest BCUT2D eigenvalue weighted by molar-refractivity contribution is 0.534. The summed E-state index contributed by atoms with van der Waals surface area (Å²) < 4.78 is 0. The molecule has 0 aromatic carbocycles. The Morgan fingerprint density at radius 1 is 0.600 bits per heavy atom. The van der Waals surface area contributed by atoms with Crippen LogP contribution < -0.4 is 5.32 Å². The number of rotatable bonds is 16. The van der Waals surface area contributed by atoms with Crippen molar-refractivity contribution in [2.75, 3.05) is 6.54 Å². The predicted molar refractivity (Wildman–Crippen MR) is 93.1 cm³/mol. The third kappa shape index (κ3) is 17.5. The van der Waals surface area contributed by atoms with Gasteiger partial charge in [-0.05, 0) is 19.5 Å². The first kappa shape index (κ1) is 19.5. The number of hydrogen-bond donors (Lipinski definition) is 1. The van der Waals surface area contributed by atoms with Crippen molar-refractivity contribution in [1.29, 1.82) is 0 Å². The Kier molecular flexibility index (Phi) is 18.1. The number of hydrogen-bond acceptors (Lipinski definition) is 1. The summed E-state index contributed by atoms with van der Waals surface area (Å²) in [6.45, 7) is 5.49. The maximum atomic E-state index is 3.30. The first-order chi connectivity index (χ1) is 9.91. The molecular weight excluding hydrogens is 242 g/mol. The van der Waals surface area contributed by atoms with Gasteiger partial charge in [0, 0.05) is 6.54 Å². The van der Waals surface area contributed by atoms with Crippen LogP contribution in [0.1, 0.15) is 104 Å². The Hall–Kier alpha value is -0.460. The van der Waals surface area contributed by atoms with Gasteiger partial charge in [-0.2, -0.15) is 0 Å². The Bertz CT molecular complexity index is 186. The summed E-state index contributed by atoms with van der Waals surface area (Å²) in [5.41, 5.74) is 0. The summed E-state index contributed by atoms with van der Waals surface area (Å²) in [4.78, 5) is 0. The zero-order chi connectivity index (χ0) is 14.7. The van der Waals surface area contributed by atoms with Gasteiger partial charge in [0.2, 0.25) is 0 Å². The van der Waals surface area contributed by atoms with Crippen molar-refractivity contribution in [2.24, 2.45) is 0 Å². The molecular formula is C19H39N. The molecule has 120 valence electrons. The van der Waals surface area contributed by atoms with E-state index in [4.69, 9.17) is 0 Å². The molecule has 0 aromatic rings. The Balaban J connectivity index is 2.92. The molecule has 0 fully saturated rings. The molecule has 1 nitrogen and oxygen atoms in total. The quantitative estimate of drug-likeness (QED) is 0.315. The maximum Gasteiger partial charge on any atom is 0.0141 e. The van der Waals surface area contributed by atoms with Gasteiger partial charge in [-0.1, -0.05) is 96.5 Å². The van der Waals surface area contributed by atoms with E-state index in [1.165, 1.54) is 89.9 Å². The lowest BCUT2D eigenvalue weighted by Gasteiger charge is -2.03. The standard InChI is InChI=1S/C19H39N/c1-3-5-6-7-8-9-10-11-12-13-14-15-16-17-19-20-18-4-2/h4,18,20H,3,5-17,19H2,1-2H3. The van der Waals surface area contributed by atoms with Crippen molar-refractivity contribution < 1.29 is 0 Å². The van der Waals surface area contributed by atoms with Gasteiger partial charge in [0.1, 0.15) is 0 Å². The average Bonchev–Trinajstić information content (AvgIpc) is 2.47. The maximum absolute atomic E-state index is 3.30. The van der Waals surface area contributed by atoms with Crippen LogP contribution in [0.2, 0.25) is 0 Å². The van der Waals surface area contributed by atoms with E-state index < -0.39 is 0 Å². The van der Waals surface area contributed by atoms with Crippen LogP contribution in [-0.2, 0) is 0 Å². The molecule has 0 radical (unpaired) electrons. The second-order valence-corrected chi connectivity index (χ2v) is 6.05. The van der Waals surface area contributed by atoms with Crippen LogP contribution in [-0.4, -0.2) is 6.54 Å². The SMILES string of the molecule is CC=CNCCCCCCCCCCCCCCCC. The van der Waals surface area contributed by atoms with Crippen LogP contribution in [0.3, 0.4) is 0 Å². The van der Waals surface area contributed by atoms with Gasteiger partial charge >= 0.3 is 0 Å². The van der Waals surface area contributed by atoms with Crippen molar-refractivity contribution >= 4 is 0 Å². The molecule has 0 unspecified atom stereocenters. The molecule has 0 heterocycles. The van der Waals surface area contributed by atoms with Gasteiger partial charge in [-0.15, -0.1) is 0 Å². The molecule has 20 heavy (non-hydrogen) atoms. The highest BCUT2D eigenvalue weighted by molar-refractivity contribution is 4.73. The topological polar surface area (TPSA) is 12.0 Å². The van der Waals surface area contributed by atoms with Gasteiger partial charge in [0.15, 0.2) is 0 Å². The zero-order valence-electron chi connectivity index (χ0n) is 14.3. The van der Waals surface area contributed by atoms with Crippen LogP contribution in [0.5, 0.6) is 0 Å². The lowest BCUT2D eigenvalue weighted by Crippen LogP contribution is -2.05. The average molecular weight is 282 g/mol. The molecule has 1 N–H and O–H groups in total. The third-order valence-electron chi connectivity index (χ3n) is 3.96. The molecule has 0 aliphatic rings. The van der Waals surface area contributed by atoms with E-state index in [9.17, 15) is 0 Å². The summed E-state index contributed by atoms with van der Waals surface area (Å²) in [5, 5.41) is 3.30. The number of nitrogens with one attached hydrogen (secondary N) is 1. The summed E-state index contributed by atoms with van der Waals surface area (Å²) in [6.07, 6.45) is 24.2. The van der Waals surface area contributed by atoms with Gasteiger partial charge in [0.05, 0.1) is 0 Å². The first-order valence-electron chi connectivity index (χ1n) is 9.26. The fourth-order valence-corrected chi connectivity index (χ4v) is 2.62. The second-order valence-electron chi connectivity index (χ2n) is 6.05. The summed E-state index contributed by atoms with van der Waals surface area (Å²) in [7, 11) is 0. The van der Waals surface area contributed by atoms with E-state index >= 15 is 0 Å². The van der Waals surface area contributed by atoms with Crippen molar-refractivity contribution in [2.45, 2.75) is 104 Å². The van der Waals surface area contributed by atoms with Gasteiger partial charge in [-0.25, -0.2) is 0 Å². The minimum absolute atomic E-state index is 1.14. The van der Waals surface area contributed by atoms with Gasteiger partial charge in [0.25, 0.3) is 0 Å². The van der Waals surface area contributed by atoms with E-state index in [2.05, 4.69) is 25.2 Å².